The zero-order chi connectivity index (χ0) is 18.7. The highest BCUT2D eigenvalue weighted by atomic mass is 16.3. The van der Waals surface area contributed by atoms with Gasteiger partial charge in [0, 0.05) is 18.5 Å². The number of amides is 1. The summed E-state index contributed by atoms with van der Waals surface area (Å²) in [5.41, 5.74) is 1.02. The Balaban J connectivity index is 1.78. The van der Waals surface area contributed by atoms with Crippen molar-refractivity contribution in [2.24, 2.45) is 0 Å². The molecule has 0 aromatic carbocycles. The van der Waals surface area contributed by atoms with Crippen LogP contribution in [0, 0.1) is 0 Å². The third-order valence-electron chi connectivity index (χ3n) is 4.74. The minimum absolute atomic E-state index is 0.142. The highest BCUT2D eigenvalue weighted by Crippen LogP contribution is 2.10. The summed E-state index contributed by atoms with van der Waals surface area (Å²) >= 11 is 0. The largest absolute Gasteiger partial charge is 0.472 e. The molecule has 1 N–H and O–H groups in total. The standard InChI is InChI=1S/C23H39NO2/c1-2-3-4-5-6-7-8-9-10-11-12-13-14-15-16-17-23(25)24-20-22-18-19-26-21-22/h9-10,18-19,21H,2-8,11-17,20H2,1H3,(H,24,25)/b10-9-. The Hall–Kier alpha value is -1.51. The summed E-state index contributed by atoms with van der Waals surface area (Å²) in [5, 5.41) is 2.93. The lowest BCUT2D eigenvalue weighted by molar-refractivity contribution is -0.121. The lowest BCUT2D eigenvalue weighted by Crippen LogP contribution is -2.21. The van der Waals surface area contributed by atoms with Gasteiger partial charge < -0.3 is 9.73 Å². The molecule has 0 atom stereocenters. The number of carbonyl (C=O) groups excluding carboxylic acids is 1. The summed E-state index contributed by atoms with van der Waals surface area (Å²) in [6.45, 7) is 2.84. The van der Waals surface area contributed by atoms with E-state index in [-0.39, 0.29) is 5.91 Å². The van der Waals surface area contributed by atoms with Crippen molar-refractivity contribution in [1.82, 2.24) is 5.32 Å². The number of hydrogen-bond donors (Lipinski definition) is 1. The van der Waals surface area contributed by atoms with Gasteiger partial charge >= 0.3 is 0 Å². The molecule has 0 radical (unpaired) electrons. The SMILES string of the molecule is CCCCCCCC/C=C\CCCCCCCC(=O)NCc1ccoc1. The quantitative estimate of drug-likeness (QED) is 0.241. The summed E-state index contributed by atoms with van der Waals surface area (Å²) in [4.78, 5) is 11.7. The second-order valence-electron chi connectivity index (χ2n) is 7.24. The van der Waals surface area contributed by atoms with Crippen molar-refractivity contribution < 1.29 is 9.21 Å². The maximum Gasteiger partial charge on any atom is 0.220 e. The van der Waals surface area contributed by atoms with Gasteiger partial charge in [-0.15, -0.1) is 0 Å². The molecule has 0 unspecified atom stereocenters. The predicted molar refractivity (Wildman–Crippen MR) is 110 cm³/mol. The normalized spacial score (nSPS) is 11.3. The van der Waals surface area contributed by atoms with E-state index < -0.39 is 0 Å². The fraction of sp³-hybridized carbons (Fsp3) is 0.696. The Kier molecular flexibility index (Phi) is 14.7. The van der Waals surface area contributed by atoms with Gasteiger partial charge in [-0.05, 0) is 38.2 Å². The van der Waals surface area contributed by atoms with Gasteiger partial charge in [-0.1, -0.05) is 70.4 Å². The first-order chi connectivity index (χ1) is 12.8. The van der Waals surface area contributed by atoms with Crippen molar-refractivity contribution in [3.05, 3.63) is 36.3 Å². The van der Waals surface area contributed by atoms with Crippen LogP contribution < -0.4 is 5.32 Å². The Morgan fingerprint density at radius 3 is 2.15 bits per heavy atom. The molecule has 1 heterocycles. The van der Waals surface area contributed by atoms with Gasteiger partial charge in [-0.3, -0.25) is 4.79 Å². The Morgan fingerprint density at radius 1 is 0.923 bits per heavy atom. The second kappa shape index (κ2) is 16.9. The Morgan fingerprint density at radius 2 is 1.54 bits per heavy atom. The maximum absolute atomic E-state index is 11.7. The minimum atomic E-state index is 0.142. The summed E-state index contributed by atoms with van der Waals surface area (Å²) in [6.07, 6.45) is 25.3. The lowest BCUT2D eigenvalue weighted by atomic mass is 10.1. The summed E-state index contributed by atoms with van der Waals surface area (Å²) < 4.78 is 4.98. The van der Waals surface area contributed by atoms with Gasteiger partial charge in [-0.2, -0.15) is 0 Å². The van der Waals surface area contributed by atoms with E-state index in [1.807, 2.05) is 6.07 Å². The lowest BCUT2D eigenvalue weighted by Gasteiger charge is -2.03. The van der Waals surface area contributed by atoms with Crippen LogP contribution in [0.15, 0.2) is 35.2 Å². The summed E-state index contributed by atoms with van der Waals surface area (Å²) in [6, 6.07) is 1.88. The summed E-state index contributed by atoms with van der Waals surface area (Å²) in [7, 11) is 0. The molecule has 0 aliphatic heterocycles. The van der Waals surface area contributed by atoms with Crippen LogP contribution >= 0.6 is 0 Å². The number of unbranched alkanes of at least 4 members (excludes halogenated alkanes) is 11. The van der Waals surface area contributed by atoms with Gasteiger partial charge in [-0.25, -0.2) is 0 Å². The second-order valence-corrected chi connectivity index (χ2v) is 7.24. The molecule has 1 aromatic heterocycles. The molecule has 0 saturated heterocycles. The molecule has 3 nitrogen and oxygen atoms in total. The molecule has 1 rings (SSSR count). The van der Waals surface area contributed by atoms with E-state index in [0.29, 0.717) is 13.0 Å². The fourth-order valence-corrected chi connectivity index (χ4v) is 3.04. The van der Waals surface area contributed by atoms with Crippen LogP contribution in [-0.4, -0.2) is 5.91 Å². The van der Waals surface area contributed by atoms with E-state index in [0.717, 1.165) is 18.4 Å². The van der Waals surface area contributed by atoms with E-state index in [2.05, 4.69) is 24.4 Å². The molecule has 26 heavy (non-hydrogen) atoms. The van der Waals surface area contributed by atoms with Crippen LogP contribution in [0.3, 0.4) is 0 Å². The minimum Gasteiger partial charge on any atom is -0.472 e. The van der Waals surface area contributed by atoms with Gasteiger partial charge in [0.25, 0.3) is 0 Å². The third-order valence-corrected chi connectivity index (χ3v) is 4.74. The van der Waals surface area contributed by atoms with Crippen LogP contribution in [0.4, 0.5) is 0 Å². The average molecular weight is 362 g/mol. The van der Waals surface area contributed by atoms with Crippen molar-refractivity contribution in [2.45, 2.75) is 103 Å². The number of allylic oxidation sites excluding steroid dienone is 2. The molecule has 0 fully saturated rings. The molecule has 3 heteroatoms. The zero-order valence-corrected chi connectivity index (χ0v) is 16.8. The highest BCUT2D eigenvalue weighted by molar-refractivity contribution is 5.75. The smallest absolute Gasteiger partial charge is 0.220 e. The van der Waals surface area contributed by atoms with Crippen LogP contribution in [-0.2, 0) is 11.3 Å². The van der Waals surface area contributed by atoms with Crippen molar-refractivity contribution in [1.29, 1.82) is 0 Å². The zero-order valence-electron chi connectivity index (χ0n) is 16.8. The molecule has 0 spiro atoms. The summed E-state index contributed by atoms with van der Waals surface area (Å²) in [5.74, 6) is 0.142. The Bertz CT molecular complexity index is 451. The number of nitrogens with one attached hydrogen (secondary N) is 1. The molecule has 1 amide bonds. The van der Waals surface area contributed by atoms with Crippen LogP contribution in [0.5, 0.6) is 0 Å². The first-order valence-electron chi connectivity index (χ1n) is 10.8. The van der Waals surface area contributed by atoms with Gasteiger partial charge in [0.2, 0.25) is 5.91 Å². The van der Waals surface area contributed by atoms with Crippen molar-refractivity contribution in [2.75, 3.05) is 0 Å². The van der Waals surface area contributed by atoms with E-state index >= 15 is 0 Å². The molecule has 0 aliphatic carbocycles. The Labute approximate surface area is 160 Å². The molecule has 148 valence electrons. The third kappa shape index (κ3) is 13.7. The van der Waals surface area contributed by atoms with E-state index in [1.165, 1.54) is 70.6 Å². The fourth-order valence-electron chi connectivity index (χ4n) is 3.04. The first kappa shape index (κ1) is 22.5. The van der Waals surface area contributed by atoms with Crippen molar-refractivity contribution in [3.63, 3.8) is 0 Å². The number of furan rings is 1. The topological polar surface area (TPSA) is 42.2 Å². The maximum atomic E-state index is 11.7. The van der Waals surface area contributed by atoms with E-state index in [1.54, 1.807) is 12.5 Å². The van der Waals surface area contributed by atoms with Gasteiger partial charge in [0.05, 0.1) is 12.5 Å². The molecule has 0 bridgehead atoms. The van der Waals surface area contributed by atoms with Crippen LogP contribution in [0.25, 0.3) is 0 Å². The average Bonchev–Trinajstić information content (AvgIpc) is 3.17. The van der Waals surface area contributed by atoms with Crippen molar-refractivity contribution in [3.8, 4) is 0 Å². The number of hydrogen-bond acceptors (Lipinski definition) is 2. The van der Waals surface area contributed by atoms with Gasteiger partial charge in [0.1, 0.15) is 0 Å². The molecular weight excluding hydrogens is 322 g/mol. The molecular formula is C23H39NO2. The van der Waals surface area contributed by atoms with E-state index in [9.17, 15) is 4.79 Å². The first-order valence-corrected chi connectivity index (χ1v) is 10.8. The van der Waals surface area contributed by atoms with Crippen LogP contribution in [0.1, 0.15) is 102 Å². The molecule has 1 aromatic rings. The number of carbonyl (C=O) groups is 1. The molecule has 0 saturated carbocycles. The highest BCUT2D eigenvalue weighted by Gasteiger charge is 2.01. The number of rotatable bonds is 17. The predicted octanol–water partition coefficient (Wildman–Crippen LogP) is 6.93. The van der Waals surface area contributed by atoms with Gasteiger partial charge in [0.15, 0.2) is 0 Å². The monoisotopic (exact) mass is 361 g/mol. The molecule has 0 aliphatic rings. The van der Waals surface area contributed by atoms with E-state index in [4.69, 9.17) is 4.42 Å². The van der Waals surface area contributed by atoms with Crippen LogP contribution in [0.2, 0.25) is 0 Å². The van der Waals surface area contributed by atoms with Crippen molar-refractivity contribution >= 4 is 5.91 Å².